The first-order valence-corrected chi connectivity index (χ1v) is 7.89. The molecule has 3 nitrogen and oxygen atoms in total. The van der Waals surface area contributed by atoms with E-state index in [9.17, 15) is 9.18 Å². The van der Waals surface area contributed by atoms with Gasteiger partial charge in [0.2, 0.25) is 5.91 Å². The molecular formula is C17H25FN2O. The van der Waals surface area contributed by atoms with E-state index in [4.69, 9.17) is 0 Å². The van der Waals surface area contributed by atoms with Crippen LogP contribution < -0.4 is 5.32 Å². The fraction of sp³-hybridized carbons (Fsp3) is 0.588. The molecule has 1 unspecified atom stereocenters. The maximum absolute atomic E-state index is 13.8. The molecule has 1 aromatic carbocycles. The monoisotopic (exact) mass is 292 g/mol. The van der Waals surface area contributed by atoms with E-state index in [0.29, 0.717) is 5.56 Å². The quantitative estimate of drug-likeness (QED) is 0.923. The third kappa shape index (κ3) is 4.27. The summed E-state index contributed by atoms with van der Waals surface area (Å²) in [5.74, 6) is -0.105. The summed E-state index contributed by atoms with van der Waals surface area (Å²) < 4.78 is 13.8. The van der Waals surface area contributed by atoms with Crippen molar-refractivity contribution in [1.29, 1.82) is 0 Å². The van der Waals surface area contributed by atoms with Crippen LogP contribution in [-0.4, -0.2) is 29.9 Å². The highest BCUT2D eigenvalue weighted by Gasteiger charge is 2.23. The zero-order valence-corrected chi connectivity index (χ0v) is 12.9. The molecule has 116 valence electrons. The minimum Gasteiger partial charge on any atom is -0.341 e. The number of hydrogen-bond acceptors (Lipinski definition) is 2. The number of nitrogens with one attached hydrogen (secondary N) is 1. The molecule has 1 saturated heterocycles. The Labute approximate surface area is 126 Å². The maximum atomic E-state index is 13.8. The molecule has 0 spiro atoms. The molecule has 21 heavy (non-hydrogen) atoms. The molecule has 0 radical (unpaired) electrons. The zero-order valence-electron chi connectivity index (χ0n) is 12.9. The summed E-state index contributed by atoms with van der Waals surface area (Å²) in [4.78, 5) is 14.4. The van der Waals surface area contributed by atoms with E-state index in [1.54, 1.807) is 12.1 Å². The number of nitrogens with zero attached hydrogens (tertiary/aromatic N) is 1. The molecule has 1 aromatic rings. The second-order valence-corrected chi connectivity index (χ2v) is 5.87. The van der Waals surface area contributed by atoms with Gasteiger partial charge in [-0.15, -0.1) is 0 Å². The summed E-state index contributed by atoms with van der Waals surface area (Å²) in [5, 5.41) is 3.22. The molecule has 1 aliphatic heterocycles. The Bertz CT molecular complexity index is 470. The normalized spacial score (nSPS) is 18.9. The van der Waals surface area contributed by atoms with Crippen molar-refractivity contribution in [2.45, 2.75) is 51.6 Å². The number of benzene rings is 1. The van der Waals surface area contributed by atoms with Gasteiger partial charge in [-0.2, -0.15) is 0 Å². The summed E-state index contributed by atoms with van der Waals surface area (Å²) in [7, 11) is 0. The van der Waals surface area contributed by atoms with Crippen molar-refractivity contribution in [1.82, 2.24) is 10.2 Å². The van der Waals surface area contributed by atoms with Gasteiger partial charge in [0.15, 0.2) is 0 Å². The van der Waals surface area contributed by atoms with Crippen molar-refractivity contribution in [3.8, 4) is 0 Å². The molecule has 0 aromatic heterocycles. The van der Waals surface area contributed by atoms with E-state index in [-0.39, 0.29) is 23.8 Å². The standard InChI is InChI=1S/C17H25FN2O/c1-13(15-9-5-6-10-16(15)18)19-14(2)17(21)20-11-7-3-4-8-12-20/h5-6,9-10,13-14,19H,3-4,7-8,11-12H2,1-2H3/t13-,14?/m1/s1. The number of rotatable bonds is 4. The highest BCUT2D eigenvalue weighted by Crippen LogP contribution is 2.17. The molecule has 1 N–H and O–H groups in total. The Hall–Kier alpha value is -1.42. The van der Waals surface area contributed by atoms with Gasteiger partial charge in [0, 0.05) is 24.7 Å². The van der Waals surface area contributed by atoms with Crippen LogP contribution in [0.4, 0.5) is 4.39 Å². The number of likely N-dealkylation sites (tertiary alicyclic amines) is 1. The van der Waals surface area contributed by atoms with Crippen molar-refractivity contribution < 1.29 is 9.18 Å². The number of amides is 1. The SMILES string of the molecule is CC(N[C@H](C)c1ccccc1F)C(=O)N1CCCCCC1. The van der Waals surface area contributed by atoms with Crippen LogP contribution >= 0.6 is 0 Å². The fourth-order valence-corrected chi connectivity index (χ4v) is 2.93. The topological polar surface area (TPSA) is 32.3 Å². The molecule has 2 rings (SSSR count). The fourth-order valence-electron chi connectivity index (χ4n) is 2.93. The Kier molecular flexibility index (Phi) is 5.74. The summed E-state index contributed by atoms with van der Waals surface area (Å²) in [6.45, 7) is 5.45. The lowest BCUT2D eigenvalue weighted by Gasteiger charge is -2.27. The lowest BCUT2D eigenvalue weighted by Crippen LogP contribution is -2.46. The number of carbonyl (C=O) groups is 1. The van der Waals surface area contributed by atoms with Gasteiger partial charge in [-0.25, -0.2) is 4.39 Å². The number of hydrogen-bond donors (Lipinski definition) is 1. The second kappa shape index (κ2) is 7.55. The Balaban J connectivity index is 1.95. The predicted molar refractivity (Wildman–Crippen MR) is 82.5 cm³/mol. The Morgan fingerprint density at radius 1 is 1.14 bits per heavy atom. The van der Waals surface area contributed by atoms with Crippen LogP contribution in [0.3, 0.4) is 0 Å². The maximum Gasteiger partial charge on any atom is 0.239 e. The van der Waals surface area contributed by atoms with Crippen LogP contribution in [0.25, 0.3) is 0 Å². The van der Waals surface area contributed by atoms with E-state index in [1.165, 1.54) is 18.9 Å². The van der Waals surface area contributed by atoms with E-state index in [0.717, 1.165) is 25.9 Å². The van der Waals surface area contributed by atoms with E-state index < -0.39 is 0 Å². The smallest absolute Gasteiger partial charge is 0.239 e. The van der Waals surface area contributed by atoms with Crippen molar-refractivity contribution in [3.05, 3.63) is 35.6 Å². The van der Waals surface area contributed by atoms with E-state index in [2.05, 4.69) is 5.32 Å². The largest absolute Gasteiger partial charge is 0.341 e. The Morgan fingerprint density at radius 3 is 2.38 bits per heavy atom. The predicted octanol–water partition coefficient (Wildman–Crippen LogP) is 3.27. The first-order chi connectivity index (χ1) is 10.1. The molecule has 0 aliphatic carbocycles. The molecule has 0 bridgehead atoms. The second-order valence-electron chi connectivity index (χ2n) is 5.87. The number of halogens is 1. The van der Waals surface area contributed by atoms with Gasteiger partial charge in [0.25, 0.3) is 0 Å². The van der Waals surface area contributed by atoms with Gasteiger partial charge in [-0.1, -0.05) is 31.0 Å². The molecule has 1 fully saturated rings. The van der Waals surface area contributed by atoms with Crippen LogP contribution in [0.5, 0.6) is 0 Å². The average molecular weight is 292 g/mol. The first kappa shape index (κ1) is 16.0. The molecule has 1 aliphatic rings. The molecular weight excluding hydrogens is 267 g/mol. The van der Waals surface area contributed by atoms with Crippen molar-refractivity contribution in [2.24, 2.45) is 0 Å². The van der Waals surface area contributed by atoms with Gasteiger partial charge in [0.05, 0.1) is 6.04 Å². The molecule has 2 atom stereocenters. The van der Waals surface area contributed by atoms with Crippen LogP contribution in [0.15, 0.2) is 24.3 Å². The zero-order chi connectivity index (χ0) is 15.2. The van der Waals surface area contributed by atoms with E-state index in [1.807, 2.05) is 24.8 Å². The summed E-state index contributed by atoms with van der Waals surface area (Å²) in [6.07, 6.45) is 4.58. The molecule has 4 heteroatoms. The van der Waals surface area contributed by atoms with Crippen molar-refractivity contribution in [3.63, 3.8) is 0 Å². The van der Waals surface area contributed by atoms with Gasteiger partial charge < -0.3 is 4.90 Å². The van der Waals surface area contributed by atoms with Crippen molar-refractivity contribution >= 4 is 5.91 Å². The van der Waals surface area contributed by atoms with Gasteiger partial charge in [0.1, 0.15) is 5.82 Å². The van der Waals surface area contributed by atoms with Gasteiger partial charge >= 0.3 is 0 Å². The highest BCUT2D eigenvalue weighted by atomic mass is 19.1. The molecule has 1 amide bonds. The highest BCUT2D eigenvalue weighted by molar-refractivity contribution is 5.81. The van der Waals surface area contributed by atoms with Crippen molar-refractivity contribution in [2.75, 3.05) is 13.1 Å². The van der Waals surface area contributed by atoms with E-state index >= 15 is 0 Å². The first-order valence-electron chi connectivity index (χ1n) is 7.89. The minimum atomic E-state index is -0.294. The lowest BCUT2D eigenvalue weighted by molar-refractivity contribution is -0.133. The van der Waals surface area contributed by atoms with Crippen LogP contribution in [0.2, 0.25) is 0 Å². The van der Waals surface area contributed by atoms with Crippen LogP contribution in [0.1, 0.15) is 51.1 Å². The van der Waals surface area contributed by atoms with Gasteiger partial charge in [-0.3, -0.25) is 10.1 Å². The van der Waals surface area contributed by atoms with Crippen LogP contribution in [-0.2, 0) is 4.79 Å². The number of carbonyl (C=O) groups excluding carboxylic acids is 1. The third-order valence-corrected chi connectivity index (χ3v) is 4.16. The summed E-state index contributed by atoms with van der Waals surface area (Å²) in [5.41, 5.74) is 0.605. The third-order valence-electron chi connectivity index (χ3n) is 4.16. The molecule has 0 saturated carbocycles. The van der Waals surface area contributed by atoms with Crippen LogP contribution in [0, 0.1) is 5.82 Å². The lowest BCUT2D eigenvalue weighted by atomic mass is 10.1. The summed E-state index contributed by atoms with van der Waals surface area (Å²) in [6, 6.07) is 6.23. The Morgan fingerprint density at radius 2 is 1.76 bits per heavy atom. The molecule has 1 heterocycles. The summed E-state index contributed by atoms with van der Waals surface area (Å²) >= 11 is 0. The average Bonchev–Trinajstić information content (AvgIpc) is 2.75. The van der Waals surface area contributed by atoms with Gasteiger partial charge in [-0.05, 0) is 32.8 Å². The minimum absolute atomic E-state index is 0.125.